The number of hydrogen-bond donors (Lipinski definition) is 1. The number of nitrogens with one attached hydrogen (secondary N) is 1. The molecule has 0 unspecified atom stereocenters. The number of sulfonamides is 1. The molecule has 0 saturated heterocycles. The van der Waals surface area contributed by atoms with Crippen molar-refractivity contribution in [2.45, 2.75) is 11.1 Å². The molecule has 7 nitrogen and oxygen atoms in total. The van der Waals surface area contributed by atoms with Crippen LogP contribution in [0.15, 0.2) is 53.4 Å². The third-order valence-corrected chi connectivity index (χ3v) is 6.50. The minimum Gasteiger partial charge on any atom is -0.493 e. The topological polar surface area (TPSA) is 83.1 Å². The van der Waals surface area contributed by atoms with Gasteiger partial charge in [0.1, 0.15) is 0 Å². The molecule has 0 spiro atoms. The van der Waals surface area contributed by atoms with Crippen LogP contribution < -0.4 is 23.7 Å². The molecule has 0 aliphatic rings. The Kier molecular flexibility index (Phi) is 8.22. The Morgan fingerprint density at radius 2 is 1.35 bits per heavy atom. The SMILES string of the molecule is COc1cc(/C=C\c2cc(F)c(OC)c(NS(=O)(=O)c3cccc(C(F)(F)F)c3)c2)cc(OC)c1OC. The van der Waals surface area contributed by atoms with Crippen LogP contribution in [0.25, 0.3) is 12.2 Å². The van der Waals surface area contributed by atoms with Gasteiger partial charge in [0.15, 0.2) is 23.1 Å². The van der Waals surface area contributed by atoms with Crippen LogP contribution in [0.1, 0.15) is 16.7 Å². The highest BCUT2D eigenvalue weighted by Crippen LogP contribution is 2.39. The van der Waals surface area contributed by atoms with Crippen molar-refractivity contribution in [3.05, 3.63) is 71.0 Å². The molecule has 0 fully saturated rings. The Morgan fingerprint density at radius 1 is 0.784 bits per heavy atom. The molecule has 0 saturated carbocycles. The van der Waals surface area contributed by atoms with Gasteiger partial charge in [-0.25, -0.2) is 12.8 Å². The number of benzene rings is 3. The average molecular weight is 542 g/mol. The van der Waals surface area contributed by atoms with Gasteiger partial charge in [0.2, 0.25) is 5.75 Å². The molecule has 0 bridgehead atoms. The van der Waals surface area contributed by atoms with E-state index in [9.17, 15) is 26.0 Å². The number of ether oxygens (including phenoxy) is 4. The predicted octanol–water partition coefficient (Wildman–Crippen LogP) is 5.85. The average Bonchev–Trinajstić information content (AvgIpc) is 2.86. The van der Waals surface area contributed by atoms with Gasteiger partial charge in [-0.15, -0.1) is 0 Å². The molecular weight excluding hydrogens is 518 g/mol. The Balaban J connectivity index is 2.00. The maximum atomic E-state index is 14.8. The molecule has 12 heteroatoms. The standard InChI is InChI=1S/C25H23F4NO6S/c1-33-21-12-16(13-22(34-2)24(21)36-4)9-8-15-10-19(26)23(35-3)20(11-15)30-37(31,32)18-7-5-6-17(14-18)25(27,28)29/h5-14,30H,1-4H3/b9-8-. The summed E-state index contributed by atoms with van der Waals surface area (Å²) >= 11 is 0. The lowest BCUT2D eigenvalue weighted by Crippen LogP contribution is -2.15. The van der Waals surface area contributed by atoms with E-state index in [1.807, 2.05) is 0 Å². The lowest BCUT2D eigenvalue weighted by molar-refractivity contribution is -0.137. The van der Waals surface area contributed by atoms with E-state index in [2.05, 4.69) is 4.72 Å². The van der Waals surface area contributed by atoms with Gasteiger partial charge in [0, 0.05) is 0 Å². The third kappa shape index (κ3) is 6.26. The predicted molar refractivity (Wildman–Crippen MR) is 130 cm³/mol. The summed E-state index contributed by atoms with van der Waals surface area (Å²) in [7, 11) is 0.966. The number of halogens is 4. The fraction of sp³-hybridized carbons (Fsp3) is 0.200. The van der Waals surface area contributed by atoms with E-state index < -0.39 is 38.2 Å². The molecule has 0 heterocycles. The summed E-state index contributed by atoms with van der Waals surface area (Å²) in [5.41, 5.74) is -0.620. The molecule has 0 aliphatic heterocycles. The highest BCUT2D eigenvalue weighted by molar-refractivity contribution is 7.92. The number of rotatable bonds is 9. The number of methoxy groups -OCH3 is 4. The van der Waals surface area contributed by atoms with Gasteiger partial charge in [0.05, 0.1) is 44.6 Å². The molecule has 0 amide bonds. The molecule has 198 valence electrons. The molecule has 0 aromatic heterocycles. The minimum atomic E-state index is -4.74. The van der Waals surface area contributed by atoms with Crippen LogP contribution in [0.2, 0.25) is 0 Å². The second-order valence-corrected chi connectivity index (χ2v) is 9.19. The van der Waals surface area contributed by atoms with Crippen molar-refractivity contribution in [1.82, 2.24) is 0 Å². The number of anilines is 1. The van der Waals surface area contributed by atoms with Gasteiger partial charge in [-0.05, 0) is 53.6 Å². The van der Waals surface area contributed by atoms with Crippen molar-refractivity contribution < 1.29 is 44.9 Å². The van der Waals surface area contributed by atoms with Crippen LogP contribution in [-0.2, 0) is 16.2 Å². The van der Waals surface area contributed by atoms with Crippen molar-refractivity contribution in [2.75, 3.05) is 33.2 Å². The number of hydrogen-bond acceptors (Lipinski definition) is 6. The highest BCUT2D eigenvalue weighted by Gasteiger charge is 2.32. The zero-order chi connectivity index (χ0) is 27.4. The maximum absolute atomic E-state index is 14.8. The quantitative estimate of drug-likeness (QED) is 0.270. The second kappa shape index (κ2) is 11.0. The minimum absolute atomic E-state index is 0.230. The van der Waals surface area contributed by atoms with Gasteiger partial charge in [-0.1, -0.05) is 18.2 Å². The van der Waals surface area contributed by atoms with Crippen molar-refractivity contribution >= 4 is 27.9 Å². The van der Waals surface area contributed by atoms with Crippen molar-refractivity contribution in [3.63, 3.8) is 0 Å². The molecule has 0 radical (unpaired) electrons. The zero-order valence-corrected chi connectivity index (χ0v) is 21.0. The first-order valence-corrected chi connectivity index (χ1v) is 12.0. The van der Waals surface area contributed by atoms with Crippen molar-refractivity contribution in [2.24, 2.45) is 0 Å². The molecule has 0 atom stereocenters. The molecule has 0 aliphatic carbocycles. The first-order valence-electron chi connectivity index (χ1n) is 10.5. The summed E-state index contributed by atoms with van der Waals surface area (Å²) in [6.45, 7) is 0. The Morgan fingerprint density at radius 3 is 1.86 bits per heavy atom. The highest BCUT2D eigenvalue weighted by atomic mass is 32.2. The summed E-state index contributed by atoms with van der Waals surface area (Å²) in [6.07, 6.45) is -1.66. The third-order valence-electron chi connectivity index (χ3n) is 5.14. The zero-order valence-electron chi connectivity index (χ0n) is 20.1. The maximum Gasteiger partial charge on any atom is 0.416 e. The lowest BCUT2D eigenvalue weighted by atomic mass is 10.1. The summed E-state index contributed by atoms with van der Waals surface area (Å²) in [4.78, 5) is -0.650. The van der Waals surface area contributed by atoms with Crippen LogP contribution >= 0.6 is 0 Å². The van der Waals surface area contributed by atoms with E-state index in [-0.39, 0.29) is 11.3 Å². The van der Waals surface area contributed by atoms with E-state index in [0.29, 0.717) is 28.9 Å². The van der Waals surface area contributed by atoms with Crippen LogP contribution in [0.4, 0.5) is 23.2 Å². The van der Waals surface area contributed by atoms with Gasteiger partial charge in [-0.3, -0.25) is 4.72 Å². The van der Waals surface area contributed by atoms with E-state index in [1.165, 1.54) is 33.5 Å². The van der Waals surface area contributed by atoms with Crippen molar-refractivity contribution in [1.29, 1.82) is 0 Å². The Hall–Kier alpha value is -3.93. The normalized spacial score (nSPS) is 11.9. The summed E-state index contributed by atoms with van der Waals surface area (Å²) in [5.74, 6) is -0.172. The lowest BCUT2D eigenvalue weighted by Gasteiger charge is -2.15. The van der Waals surface area contributed by atoms with Gasteiger partial charge in [0.25, 0.3) is 10.0 Å². The molecule has 3 aromatic rings. The van der Waals surface area contributed by atoms with Crippen LogP contribution in [0, 0.1) is 5.82 Å². The first kappa shape index (κ1) is 27.7. The molecule has 3 rings (SSSR count). The fourth-order valence-electron chi connectivity index (χ4n) is 3.43. The van der Waals surface area contributed by atoms with E-state index in [1.54, 1.807) is 18.2 Å². The van der Waals surface area contributed by atoms with E-state index in [0.717, 1.165) is 31.4 Å². The molecular formula is C25H23F4NO6S. The first-order chi connectivity index (χ1) is 17.4. The van der Waals surface area contributed by atoms with Crippen LogP contribution in [-0.4, -0.2) is 36.9 Å². The fourth-order valence-corrected chi connectivity index (χ4v) is 4.53. The van der Waals surface area contributed by atoms with E-state index >= 15 is 0 Å². The summed E-state index contributed by atoms with van der Waals surface area (Å²) in [6, 6.07) is 8.87. The van der Waals surface area contributed by atoms with E-state index in [4.69, 9.17) is 18.9 Å². The van der Waals surface area contributed by atoms with Crippen LogP contribution in [0.5, 0.6) is 23.0 Å². The monoisotopic (exact) mass is 541 g/mol. The van der Waals surface area contributed by atoms with Gasteiger partial charge in [-0.2, -0.15) is 13.2 Å². The largest absolute Gasteiger partial charge is 0.493 e. The van der Waals surface area contributed by atoms with Gasteiger partial charge < -0.3 is 18.9 Å². The molecule has 1 N–H and O–H groups in total. The smallest absolute Gasteiger partial charge is 0.416 e. The summed E-state index contributed by atoms with van der Waals surface area (Å²) in [5, 5.41) is 0. The molecule has 37 heavy (non-hydrogen) atoms. The summed E-state index contributed by atoms with van der Waals surface area (Å²) < 4.78 is 103. The van der Waals surface area contributed by atoms with Gasteiger partial charge >= 0.3 is 6.18 Å². The van der Waals surface area contributed by atoms with Crippen LogP contribution in [0.3, 0.4) is 0 Å². The Labute approximate surface area is 211 Å². The molecule has 3 aromatic carbocycles. The van der Waals surface area contributed by atoms with Crippen molar-refractivity contribution in [3.8, 4) is 23.0 Å². The second-order valence-electron chi connectivity index (χ2n) is 7.51. The number of alkyl halides is 3. The Bertz CT molecular complexity index is 1400.